The number of rotatable bonds is 18. The van der Waals surface area contributed by atoms with E-state index in [0.29, 0.717) is 0 Å². The summed E-state index contributed by atoms with van der Waals surface area (Å²) in [5, 5.41) is 0. The van der Waals surface area contributed by atoms with Gasteiger partial charge in [-0.05, 0) is 72.8 Å². The summed E-state index contributed by atoms with van der Waals surface area (Å²) in [7, 11) is 26.9. The van der Waals surface area contributed by atoms with Gasteiger partial charge in [-0.3, -0.25) is 26.9 Å². The number of nitrogens with zero attached hydrogens (tertiary/aromatic N) is 6. The summed E-state index contributed by atoms with van der Waals surface area (Å²) in [6.45, 7) is 6.11. The summed E-state index contributed by atoms with van der Waals surface area (Å²) in [5.41, 5.74) is 16.3. The molecule has 12 aromatic carbocycles. The molecule has 0 saturated carbocycles. The smallest absolute Gasteiger partial charge is 0.132 e. The molecule has 0 aliphatic heterocycles. The summed E-state index contributed by atoms with van der Waals surface area (Å²) < 4.78 is 5.28. The van der Waals surface area contributed by atoms with Crippen LogP contribution in [0, 0.1) is 0 Å². The predicted octanol–water partition coefficient (Wildman–Crippen LogP) is 2.75. The molecule has 0 heterocycles. The third-order valence-electron chi connectivity index (χ3n) is 17.3. The zero-order valence-electron chi connectivity index (χ0n) is 61.8. The van der Waals surface area contributed by atoms with Crippen molar-refractivity contribution in [3.63, 3.8) is 0 Å². The molecule has 12 aromatic rings. The van der Waals surface area contributed by atoms with Gasteiger partial charge in [0.1, 0.15) is 73.4 Å². The lowest BCUT2D eigenvalue weighted by molar-refractivity contribution is -0.001000. The minimum Gasteiger partial charge on any atom is -1.00 e. The average Bonchev–Trinajstić information content (AvgIpc) is 0.898. The molecule has 0 fully saturated rings. The maximum absolute atomic E-state index is 2.24. The highest BCUT2D eigenvalue weighted by atomic mass is 19.0. The van der Waals surface area contributed by atoms with Crippen molar-refractivity contribution in [2.24, 2.45) is 0 Å². The Labute approximate surface area is 607 Å². The second-order valence-corrected chi connectivity index (χ2v) is 28.0. The van der Waals surface area contributed by atoms with Gasteiger partial charge >= 0.3 is 0 Å². The Balaban J connectivity index is 0.000000605. The first-order valence-electron chi connectivity index (χ1n) is 33.7. The first-order chi connectivity index (χ1) is 46.1. The molecule has 0 aliphatic rings. The van der Waals surface area contributed by atoms with Crippen LogP contribution in [0.4, 0.5) is 34.1 Å². The summed E-state index contributed by atoms with van der Waals surface area (Å²) in [4.78, 5) is 0. The Bertz CT molecular complexity index is 3310. The van der Waals surface area contributed by atoms with Crippen molar-refractivity contribution in [1.82, 2.24) is 26.9 Å². The zero-order chi connectivity index (χ0) is 68.6. The van der Waals surface area contributed by atoms with Gasteiger partial charge in [-0.25, -0.2) is 0 Å². The highest BCUT2D eigenvalue weighted by Gasteiger charge is 2.23. The number of hydrogen-bond acceptors (Lipinski definition) is 0. The van der Waals surface area contributed by atoms with Crippen LogP contribution in [-0.4, -0.2) is 84.6 Å². The summed E-state index contributed by atoms with van der Waals surface area (Å²) >= 11 is 0. The molecule has 0 aromatic heterocycles. The standard InChI is InChI=1S/6C15H18N.6FH/c6*1-16(2,15-11-7-4-8-12-15)13-14-9-5-3-6-10-14;;;;;;/h6*3-12H,13H2,1-2H3;6*1H/q6*+1;;;;;;/p-6. The van der Waals surface area contributed by atoms with Gasteiger partial charge in [0, 0.05) is 33.4 Å². The Hall–Kier alpha value is -10.0. The van der Waals surface area contributed by atoms with Gasteiger partial charge in [0.25, 0.3) is 0 Å². The first-order valence-corrected chi connectivity index (χ1v) is 33.7. The maximum Gasteiger partial charge on any atom is 0.132 e. The maximum atomic E-state index is 2.24. The molecule has 12 rings (SSSR count). The molecule has 0 spiro atoms. The van der Waals surface area contributed by atoms with Crippen LogP contribution in [0.1, 0.15) is 33.4 Å². The summed E-state index contributed by atoms with van der Waals surface area (Å²) in [5.74, 6) is 0. The molecule has 0 atom stereocenters. The highest BCUT2D eigenvalue weighted by Crippen LogP contribution is 2.27. The highest BCUT2D eigenvalue weighted by molar-refractivity contribution is 5.47. The third-order valence-corrected chi connectivity index (χ3v) is 17.3. The molecule has 0 radical (unpaired) electrons. The van der Waals surface area contributed by atoms with Crippen LogP contribution in [0.5, 0.6) is 0 Å². The van der Waals surface area contributed by atoms with Crippen LogP contribution in [0.25, 0.3) is 0 Å². The zero-order valence-corrected chi connectivity index (χ0v) is 61.8. The molecule has 12 heteroatoms. The second-order valence-electron chi connectivity index (χ2n) is 28.0. The van der Waals surface area contributed by atoms with Crippen LogP contribution < -0.4 is 55.1 Å². The number of benzene rings is 12. The van der Waals surface area contributed by atoms with Crippen LogP contribution in [0.2, 0.25) is 0 Å². The lowest BCUT2D eigenvalue weighted by atomic mass is 10.2. The van der Waals surface area contributed by atoms with E-state index in [4.69, 9.17) is 0 Å². The lowest BCUT2D eigenvalue weighted by Crippen LogP contribution is -3.00. The first kappa shape index (κ1) is 90.0. The van der Waals surface area contributed by atoms with Crippen molar-refractivity contribution in [3.05, 3.63) is 397 Å². The molecule has 0 aliphatic carbocycles. The molecule has 6 nitrogen and oxygen atoms in total. The van der Waals surface area contributed by atoms with Crippen molar-refractivity contribution < 1.29 is 28.2 Å². The van der Waals surface area contributed by atoms with Crippen molar-refractivity contribution in [1.29, 1.82) is 0 Å². The van der Waals surface area contributed by atoms with Gasteiger partial charge in [0.05, 0.1) is 84.6 Å². The van der Waals surface area contributed by atoms with Gasteiger partial charge in [-0.2, -0.15) is 0 Å². The Morgan fingerprint density at radius 3 is 0.294 bits per heavy atom. The van der Waals surface area contributed by atoms with Gasteiger partial charge < -0.3 is 28.2 Å². The molecule has 0 bridgehead atoms. The SMILES string of the molecule is C[N+](C)(Cc1ccccc1)c1ccccc1.C[N+](C)(Cc1ccccc1)c1ccccc1.C[N+](C)(Cc1ccccc1)c1ccccc1.C[N+](C)(Cc1ccccc1)c1ccccc1.C[N+](C)(Cc1ccccc1)c1ccccc1.C[N+](C)(Cc1ccccc1)c1ccccc1.[F-].[F-].[F-].[F-].[F-].[F-]. The third kappa shape index (κ3) is 30.8. The van der Waals surface area contributed by atoms with Gasteiger partial charge in [0.15, 0.2) is 0 Å². The summed E-state index contributed by atoms with van der Waals surface area (Å²) in [6, 6.07) is 127. The van der Waals surface area contributed by atoms with Gasteiger partial charge in [-0.1, -0.05) is 291 Å². The van der Waals surface area contributed by atoms with E-state index in [-0.39, 0.29) is 28.2 Å². The average molecular weight is 1390 g/mol. The largest absolute Gasteiger partial charge is 1.00 e. The van der Waals surface area contributed by atoms with E-state index in [9.17, 15) is 0 Å². The fourth-order valence-electron chi connectivity index (χ4n) is 11.8. The molecular formula is C90H108F6N6. The van der Waals surface area contributed by atoms with E-state index in [0.717, 1.165) is 66.2 Å². The number of quaternary nitrogens is 6. The fourth-order valence-corrected chi connectivity index (χ4v) is 11.8. The van der Waals surface area contributed by atoms with Crippen molar-refractivity contribution in [2.75, 3.05) is 84.6 Å². The number of halogens is 6. The molecule has 0 amide bonds. The van der Waals surface area contributed by atoms with Crippen LogP contribution >= 0.6 is 0 Å². The number of hydrogen-bond donors (Lipinski definition) is 0. The van der Waals surface area contributed by atoms with Crippen LogP contribution in [0.15, 0.2) is 364 Å². The Morgan fingerprint density at radius 2 is 0.206 bits per heavy atom. The van der Waals surface area contributed by atoms with Crippen LogP contribution in [0.3, 0.4) is 0 Å². The van der Waals surface area contributed by atoms with E-state index < -0.39 is 0 Å². The minimum absolute atomic E-state index is 0. The fraction of sp³-hybridized carbons (Fsp3) is 0.200. The molecule has 0 unspecified atom stereocenters. The molecule has 102 heavy (non-hydrogen) atoms. The monoisotopic (exact) mass is 1390 g/mol. The Kier molecular flexibility index (Phi) is 39.7. The van der Waals surface area contributed by atoms with E-state index in [1.807, 2.05) is 0 Å². The predicted molar refractivity (Wildman–Crippen MR) is 421 cm³/mol. The molecule has 0 saturated heterocycles. The number of para-hydroxylation sites is 6. The van der Waals surface area contributed by atoms with E-state index in [2.05, 4.69) is 449 Å². The van der Waals surface area contributed by atoms with Crippen LogP contribution in [-0.2, 0) is 39.3 Å². The topological polar surface area (TPSA) is 0 Å². The summed E-state index contributed by atoms with van der Waals surface area (Å²) in [6.07, 6.45) is 0. The second kappa shape index (κ2) is 45.0. The minimum atomic E-state index is 0. The molecular weight excluding hydrogens is 1280 g/mol. The molecule has 0 N–H and O–H groups in total. The van der Waals surface area contributed by atoms with E-state index in [1.165, 1.54) is 67.5 Å². The lowest BCUT2D eigenvalue weighted by Gasteiger charge is -2.29. The van der Waals surface area contributed by atoms with Crippen molar-refractivity contribution in [2.45, 2.75) is 39.3 Å². The quantitative estimate of drug-likeness (QED) is 0.0918. The normalized spacial score (nSPS) is 10.7. The van der Waals surface area contributed by atoms with Crippen molar-refractivity contribution in [3.8, 4) is 0 Å². The van der Waals surface area contributed by atoms with Gasteiger partial charge in [-0.15, -0.1) is 0 Å². The van der Waals surface area contributed by atoms with Crippen molar-refractivity contribution >= 4 is 34.1 Å². The molecule has 540 valence electrons. The Morgan fingerprint density at radius 1 is 0.127 bits per heavy atom. The van der Waals surface area contributed by atoms with E-state index >= 15 is 0 Å². The van der Waals surface area contributed by atoms with Gasteiger partial charge in [0.2, 0.25) is 0 Å². The van der Waals surface area contributed by atoms with E-state index in [1.54, 1.807) is 0 Å².